The summed E-state index contributed by atoms with van der Waals surface area (Å²) in [7, 11) is 1.84. The van der Waals surface area contributed by atoms with Crippen molar-refractivity contribution in [3.05, 3.63) is 53.1 Å². The lowest BCUT2D eigenvalue weighted by Crippen LogP contribution is -2.30. The number of hydrogen-bond donors (Lipinski definition) is 1. The van der Waals surface area contributed by atoms with E-state index in [2.05, 4.69) is 4.98 Å². The number of carbonyl (C=O) groups is 2. The zero-order chi connectivity index (χ0) is 17.4. The molecule has 0 aliphatic carbocycles. The fourth-order valence-electron chi connectivity index (χ4n) is 3.47. The summed E-state index contributed by atoms with van der Waals surface area (Å²) in [5.74, 6) is -1.85. The van der Waals surface area contributed by atoms with Gasteiger partial charge in [0, 0.05) is 43.5 Å². The first kappa shape index (κ1) is 16.2. The Morgan fingerprint density at radius 3 is 2.58 bits per heavy atom. The Bertz CT molecular complexity index is 797. The number of nitrogens with zero attached hydrogens (tertiary/aromatic N) is 3. The summed E-state index contributed by atoms with van der Waals surface area (Å²) < 4.78 is 1.83. The van der Waals surface area contributed by atoms with Crippen molar-refractivity contribution in [2.24, 2.45) is 13.0 Å². The quantitative estimate of drug-likeness (QED) is 0.935. The predicted octanol–water partition coefficient (Wildman–Crippen LogP) is 1.98. The molecule has 1 aliphatic heterocycles. The third kappa shape index (κ3) is 2.79. The monoisotopic (exact) mass is 327 g/mol. The first-order chi connectivity index (χ1) is 11.4. The van der Waals surface area contributed by atoms with Crippen LogP contribution in [0.1, 0.15) is 33.1 Å². The van der Waals surface area contributed by atoms with Crippen LogP contribution in [-0.2, 0) is 11.8 Å². The van der Waals surface area contributed by atoms with Crippen LogP contribution in [0, 0.1) is 19.8 Å². The van der Waals surface area contributed by atoms with Crippen molar-refractivity contribution >= 4 is 11.9 Å². The van der Waals surface area contributed by atoms with Gasteiger partial charge in [-0.2, -0.15) is 0 Å². The van der Waals surface area contributed by atoms with E-state index < -0.39 is 11.9 Å². The standard InChI is InChI=1S/C18H21N3O3/c1-11-4-5-13(12(2)6-11)17(22)21-8-14(15(9-21)18(23)24)16-7-19-10-20(16)3/h4-7,10,14-15H,8-9H2,1-3H3,(H,23,24)/t14-,15-/m0/s1. The molecule has 126 valence electrons. The Morgan fingerprint density at radius 1 is 1.25 bits per heavy atom. The van der Waals surface area contributed by atoms with Crippen molar-refractivity contribution in [3.8, 4) is 0 Å². The van der Waals surface area contributed by atoms with Gasteiger partial charge in [0.1, 0.15) is 0 Å². The summed E-state index contributed by atoms with van der Waals surface area (Å²) >= 11 is 0. The normalized spacial score (nSPS) is 20.4. The van der Waals surface area contributed by atoms with Crippen LogP contribution in [0.15, 0.2) is 30.7 Å². The van der Waals surface area contributed by atoms with E-state index in [9.17, 15) is 14.7 Å². The summed E-state index contributed by atoms with van der Waals surface area (Å²) in [4.78, 5) is 30.3. The lowest BCUT2D eigenvalue weighted by atomic mass is 9.93. The second-order valence-corrected chi connectivity index (χ2v) is 6.51. The van der Waals surface area contributed by atoms with Crippen molar-refractivity contribution in [2.45, 2.75) is 19.8 Å². The van der Waals surface area contributed by atoms with Crippen molar-refractivity contribution in [1.82, 2.24) is 14.5 Å². The SMILES string of the molecule is Cc1ccc(C(=O)N2C[C@H](C(=O)O)[C@@H](c3cncn3C)C2)c(C)c1. The fraction of sp³-hybridized carbons (Fsp3) is 0.389. The number of likely N-dealkylation sites (tertiary alicyclic amines) is 1. The molecular weight excluding hydrogens is 306 g/mol. The maximum absolute atomic E-state index is 12.9. The highest BCUT2D eigenvalue weighted by Crippen LogP contribution is 2.33. The highest BCUT2D eigenvalue weighted by atomic mass is 16.4. The molecule has 24 heavy (non-hydrogen) atoms. The van der Waals surface area contributed by atoms with Gasteiger partial charge in [-0.3, -0.25) is 9.59 Å². The smallest absolute Gasteiger partial charge is 0.309 e. The average molecular weight is 327 g/mol. The molecule has 1 saturated heterocycles. The molecular formula is C18H21N3O3. The molecule has 2 heterocycles. The van der Waals surface area contributed by atoms with Gasteiger partial charge in [0.25, 0.3) is 5.91 Å². The van der Waals surface area contributed by atoms with Crippen molar-refractivity contribution in [3.63, 3.8) is 0 Å². The number of aromatic nitrogens is 2. The number of carboxylic acids is 1. The van der Waals surface area contributed by atoms with Gasteiger partial charge in [0.05, 0.1) is 12.2 Å². The van der Waals surface area contributed by atoms with Crippen LogP contribution in [0.5, 0.6) is 0 Å². The van der Waals surface area contributed by atoms with Crippen molar-refractivity contribution < 1.29 is 14.7 Å². The summed E-state index contributed by atoms with van der Waals surface area (Å²) in [5.41, 5.74) is 3.49. The molecule has 0 spiro atoms. The van der Waals surface area contributed by atoms with Crippen molar-refractivity contribution in [1.29, 1.82) is 0 Å². The summed E-state index contributed by atoms with van der Waals surface area (Å²) in [6.07, 6.45) is 3.34. The molecule has 3 rings (SSSR count). The molecule has 2 atom stereocenters. The number of carbonyl (C=O) groups excluding carboxylic acids is 1. The minimum absolute atomic E-state index is 0.108. The molecule has 0 unspecified atom stereocenters. The maximum atomic E-state index is 12.9. The number of hydrogen-bond acceptors (Lipinski definition) is 3. The molecule has 1 aromatic carbocycles. The topological polar surface area (TPSA) is 75.4 Å². The second-order valence-electron chi connectivity index (χ2n) is 6.51. The Kier molecular flexibility index (Phi) is 4.13. The van der Waals surface area contributed by atoms with Gasteiger partial charge in [-0.1, -0.05) is 17.7 Å². The Morgan fingerprint density at radius 2 is 2.00 bits per heavy atom. The molecule has 0 saturated carbocycles. The van der Waals surface area contributed by atoms with E-state index in [-0.39, 0.29) is 18.4 Å². The number of imidazole rings is 1. The minimum Gasteiger partial charge on any atom is -0.481 e. The molecule has 0 bridgehead atoms. The lowest BCUT2D eigenvalue weighted by molar-refractivity contribution is -0.141. The molecule has 6 nitrogen and oxygen atoms in total. The van der Waals surface area contributed by atoms with Gasteiger partial charge in [0.2, 0.25) is 0 Å². The van der Waals surface area contributed by atoms with E-state index in [1.54, 1.807) is 17.4 Å². The van der Waals surface area contributed by atoms with E-state index in [1.807, 2.05) is 43.7 Å². The highest BCUT2D eigenvalue weighted by molar-refractivity contribution is 5.96. The van der Waals surface area contributed by atoms with Crippen LogP contribution >= 0.6 is 0 Å². The minimum atomic E-state index is -0.878. The Labute approximate surface area is 140 Å². The van der Waals surface area contributed by atoms with E-state index in [1.165, 1.54) is 0 Å². The molecule has 1 fully saturated rings. The first-order valence-electron chi connectivity index (χ1n) is 7.94. The number of rotatable bonds is 3. The van der Waals surface area contributed by atoms with Crippen LogP contribution in [0.25, 0.3) is 0 Å². The molecule has 1 N–H and O–H groups in total. The largest absolute Gasteiger partial charge is 0.481 e. The fourth-order valence-corrected chi connectivity index (χ4v) is 3.47. The third-order valence-electron chi connectivity index (χ3n) is 4.77. The van der Waals surface area contributed by atoms with Gasteiger partial charge in [-0.15, -0.1) is 0 Å². The first-order valence-corrected chi connectivity index (χ1v) is 7.94. The Balaban J connectivity index is 1.89. The predicted molar refractivity (Wildman–Crippen MR) is 88.9 cm³/mol. The van der Waals surface area contributed by atoms with Gasteiger partial charge in [-0.25, -0.2) is 4.98 Å². The summed E-state index contributed by atoms with van der Waals surface area (Å²) in [5, 5.41) is 9.57. The molecule has 1 amide bonds. The second kappa shape index (κ2) is 6.11. The van der Waals surface area contributed by atoms with E-state index in [4.69, 9.17) is 0 Å². The summed E-state index contributed by atoms with van der Waals surface area (Å²) in [6, 6.07) is 5.69. The number of aliphatic carboxylic acids is 1. The molecule has 2 aromatic rings. The van der Waals surface area contributed by atoms with Crippen LogP contribution in [0.4, 0.5) is 0 Å². The zero-order valence-electron chi connectivity index (χ0n) is 14.1. The van der Waals surface area contributed by atoms with Gasteiger partial charge < -0.3 is 14.6 Å². The van der Waals surface area contributed by atoms with Gasteiger partial charge >= 0.3 is 5.97 Å². The van der Waals surface area contributed by atoms with Crippen LogP contribution in [0.2, 0.25) is 0 Å². The van der Waals surface area contributed by atoms with E-state index >= 15 is 0 Å². The van der Waals surface area contributed by atoms with E-state index in [0.29, 0.717) is 12.1 Å². The molecule has 1 aromatic heterocycles. The zero-order valence-corrected chi connectivity index (χ0v) is 14.1. The van der Waals surface area contributed by atoms with Crippen LogP contribution < -0.4 is 0 Å². The van der Waals surface area contributed by atoms with Crippen molar-refractivity contribution in [2.75, 3.05) is 13.1 Å². The maximum Gasteiger partial charge on any atom is 0.309 e. The molecule has 0 radical (unpaired) electrons. The number of amides is 1. The number of aryl methyl sites for hydroxylation is 3. The third-order valence-corrected chi connectivity index (χ3v) is 4.77. The lowest BCUT2D eigenvalue weighted by Gasteiger charge is -2.18. The summed E-state index contributed by atoms with van der Waals surface area (Å²) in [6.45, 7) is 4.50. The van der Waals surface area contributed by atoms with Crippen LogP contribution in [0.3, 0.4) is 0 Å². The Hall–Kier alpha value is -2.63. The highest BCUT2D eigenvalue weighted by Gasteiger charge is 2.42. The van der Waals surface area contributed by atoms with E-state index in [0.717, 1.165) is 16.8 Å². The average Bonchev–Trinajstić information content (AvgIpc) is 3.12. The van der Waals surface area contributed by atoms with Gasteiger partial charge in [0.15, 0.2) is 0 Å². The number of carboxylic acid groups (broad SMARTS) is 1. The van der Waals surface area contributed by atoms with Gasteiger partial charge in [-0.05, 0) is 25.5 Å². The molecule has 1 aliphatic rings. The van der Waals surface area contributed by atoms with Crippen LogP contribution in [-0.4, -0.2) is 44.5 Å². The number of benzene rings is 1. The molecule has 6 heteroatoms.